The lowest BCUT2D eigenvalue weighted by Gasteiger charge is -2.06. The number of fused-ring (bicyclic) bond motifs is 1. The monoisotopic (exact) mass is 348 g/mol. The highest BCUT2D eigenvalue weighted by Crippen LogP contribution is 2.17. The van der Waals surface area contributed by atoms with Gasteiger partial charge < -0.3 is 11.5 Å². The summed E-state index contributed by atoms with van der Waals surface area (Å²) in [5.74, 6) is -1.16. The molecule has 3 aromatic rings. The molecule has 0 radical (unpaired) electrons. The average molecular weight is 348 g/mol. The van der Waals surface area contributed by atoms with E-state index >= 15 is 0 Å². The van der Waals surface area contributed by atoms with Crippen molar-refractivity contribution in [1.29, 1.82) is 0 Å². The molecule has 2 amide bonds. The zero-order chi connectivity index (χ0) is 18.7. The van der Waals surface area contributed by atoms with Gasteiger partial charge in [0.15, 0.2) is 0 Å². The quantitative estimate of drug-likeness (QED) is 0.485. The third-order valence-corrected chi connectivity index (χ3v) is 3.65. The molecule has 0 saturated heterocycles. The Morgan fingerprint density at radius 2 is 1.73 bits per heavy atom. The molecule has 1 aromatic heterocycles. The zero-order valence-electron chi connectivity index (χ0n) is 13.9. The van der Waals surface area contributed by atoms with Crippen LogP contribution in [0.3, 0.4) is 0 Å². The third-order valence-electron chi connectivity index (χ3n) is 3.65. The first kappa shape index (κ1) is 17.0. The number of rotatable bonds is 3. The molecule has 0 aliphatic heterocycles. The number of aromatic nitrogens is 2. The lowest BCUT2D eigenvalue weighted by molar-refractivity contribution is 0.0976. The van der Waals surface area contributed by atoms with Gasteiger partial charge in [0.25, 0.3) is 11.9 Å². The SMILES string of the molecule is Cc1nc(N=C(N)NC(=O)c2cccc(C(N)=O)c2)nc2ccccc12. The fraction of sp³-hybridized carbons (Fsp3) is 0.0556. The topological polar surface area (TPSA) is 136 Å². The minimum atomic E-state index is -0.624. The van der Waals surface area contributed by atoms with Crippen LogP contribution in [0, 0.1) is 6.92 Å². The van der Waals surface area contributed by atoms with Crippen LogP contribution < -0.4 is 16.8 Å². The number of aliphatic imine (C=N–C) groups is 1. The molecule has 0 fully saturated rings. The molecule has 1 heterocycles. The second-order valence-corrected chi connectivity index (χ2v) is 5.52. The van der Waals surface area contributed by atoms with Gasteiger partial charge in [-0.25, -0.2) is 9.97 Å². The van der Waals surface area contributed by atoms with Crippen LogP contribution in [0.2, 0.25) is 0 Å². The van der Waals surface area contributed by atoms with Gasteiger partial charge in [-0.2, -0.15) is 4.99 Å². The standard InChI is InChI=1S/C18H16N6O2/c1-10-13-7-2-3-8-14(13)22-18(21-10)24-17(20)23-16(26)12-6-4-5-11(9-12)15(19)25/h2-9H,1H3,(H2,19,25)(H3,20,21,22,23,24,26). The van der Waals surface area contributed by atoms with Crippen molar-refractivity contribution in [1.82, 2.24) is 15.3 Å². The van der Waals surface area contributed by atoms with Crippen LogP contribution in [-0.2, 0) is 0 Å². The van der Waals surface area contributed by atoms with E-state index in [9.17, 15) is 9.59 Å². The molecule has 0 aliphatic rings. The van der Waals surface area contributed by atoms with E-state index in [0.29, 0.717) is 0 Å². The van der Waals surface area contributed by atoms with Gasteiger partial charge in [-0.3, -0.25) is 14.9 Å². The molecule has 0 bridgehead atoms. The Balaban J connectivity index is 1.83. The maximum Gasteiger partial charge on any atom is 0.257 e. The van der Waals surface area contributed by atoms with Crippen molar-refractivity contribution in [3.63, 3.8) is 0 Å². The van der Waals surface area contributed by atoms with Crippen LogP contribution >= 0.6 is 0 Å². The number of primary amides is 1. The first-order chi connectivity index (χ1) is 12.4. The summed E-state index contributed by atoms with van der Waals surface area (Å²) < 4.78 is 0. The number of hydrogen-bond donors (Lipinski definition) is 3. The highest BCUT2D eigenvalue weighted by atomic mass is 16.2. The molecular formula is C18H16N6O2. The number of guanidine groups is 1. The summed E-state index contributed by atoms with van der Waals surface area (Å²) in [4.78, 5) is 36.0. The van der Waals surface area contributed by atoms with Crippen LogP contribution in [0.25, 0.3) is 10.9 Å². The van der Waals surface area contributed by atoms with E-state index in [4.69, 9.17) is 11.5 Å². The van der Waals surface area contributed by atoms with Crippen LogP contribution in [0.1, 0.15) is 26.4 Å². The first-order valence-electron chi connectivity index (χ1n) is 7.73. The zero-order valence-corrected chi connectivity index (χ0v) is 13.9. The summed E-state index contributed by atoms with van der Waals surface area (Å²) in [5, 5.41) is 3.35. The summed E-state index contributed by atoms with van der Waals surface area (Å²) >= 11 is 0. The van der Waals surface area contributed by atoms with E-state index in [1.165, 1.54) is 18.2 Å². The minimum absolute atomic E-state index is 0.143. The number of nitrogens with one attached hydrogen (secondary N) is 1. The Morgan fingerprint density at radius 3 is 2.50 bits per heavy atom. The lowest BCUT2D eigenvalue weighted by atomic mass is 10.1. The summed E-state index contributed by atoms with van der Waals surface area (Å²) in [6.45, 7) is 1.84. The van der Waals surface area contributed by atoms with Gasteiger partial charge in [0.1, 0.15) is 0 Å². The second-order valence-electron chi connectivity index (χ2n) is 5.52. The van der Waals surface area contributed by atoms with E-state index in [1.54, 1.807) is 6.07 Å². The highest BCUT2D eigenvalue weighted by molar-refractivity contribution is 6.06. The molecule has 130 valence electrons. The van der Waals surface area contributed by atoms with Crippen molar-refractivity contribution >= 4 is 34.6 Å². The lowest BCUT2D eigenvalue weighted by Crippen LogP contribution is -2.36. The van der Waals surface area contributed by atoms with Gasteiger partial charge >= 0.3 is 0 Å². The molecule has 26 heavy (non-hydrogen) atoms. The maximum absolute atomic E-state index is 12.2. The van der Waals surface area contributed by atoms with E-state index in [1.807, 2.05) is 31.2 Å². The smallest absolute Gasteiger partial charge is 0.257 e. The predicted molar refractivity (Wildman–Crippen MR) is 98.0 cm³/mol. The van der Waals surface area contributed by atoms with Gasteiger partial charge in [0.05, 0.1) is 11.2 Å². The first-order valence-corrected chi connectivity index (χ1v) is 7.73. The minimum Gasteiger partial charge on any atom is -0.369 e. The molecule has 8 heteroatoms. The van der Waals surface area contributed by atoms with Crippen molar-refractivity contribution < 1.29 is 9.59 Å². The number of carbonyl (C=O) groups excluding carboxylic acids is 2. The largest absolute Gasteiger partial charge is 0.369 e. The van der Waals surface area contributed by atoms with Crippen molar-refractivity contribution in [3.05, 3.63) is 65.4 Å². The van der Waals surface area contributed by atoms with Crippen molar-refractivity contribution in [2.45, 2.75) is 6.92 Å². The summed E-state index contributed by atoms with van der Waals surface area (Å²) in [6, 6.07) is 13.5. The van der Waals surface area contributed by atoms with Gasteiger partial charge in [-0.05, 0) is 31.2 Å². The molecule has 5 N–H and O–H groups in total. The molecular weight excluding hydrogens is 332 g/mol. The molecule has 0 spiro atoms. The van der Waals surface area contributed by atoms with Gasteiger partial charge in [0.2, 0.25) is 11.9 Å². The normalized spacial score (nSPS) is 11.3. The van der Waals surface area contributed by atoms with Gasteiger partial charge in [-0.15, -0.1) is 0 Å². The van der Waals surface area contributed by atoms with E-state index in [2.05, 4.69) is 20.3 Å². The number of nitrogens with two attached hydrogens (primary N) is 2. The number of nitrogens with zero attached hydrogens (tertiary/aromatic N) is 3. The Labute approximate surface area is 149 Å². The fourth-order valence-corrected chi connectivity index (χ4v) is 2.41. The number of carbonyl (C=O) groups is 2. The number of aryl methyl sites for hydroxylation is 1. The van der Waals surface area contributed by atoms with E-state index in [0.717, 1.165) is 16.6 Å². The average Bonchev–Trinajstić information content (AvgIpc) is 2.61. The number of hydrogen-bond acceptors (Lipinski definition) is 5. The molecule has 0 aliphatic carbocycles. The number of para-hydroxylation sites is 1. The molecule has 0 unspecified atom stereocenters. The van der Waals surface area contributed by atoms with Gasteiger partial charge in [-0.1, -0.05) is 24.3 Å². The number of amides is 2. The number of benzene rings is 2. The molecule has 0 atom stereocenters. The highest BCUT2D eigenvalue weighted by Gasteiger charge is 2.10. The Hall–Kier alpha value is -3.81. The Kier molecular flexibility index (Phi) is 4.57. The summed E-state index contributed by atoms with van der Waals surface area (Å²) in [5.41, 5.74) is 12.9. The molecule has 2 aromatic carbocycles. The Bertz CT molecular complexity index is 1040. The summed E-state index contributed by atoms with van der Waals surface area (Å²) in [7, 11) is 0. The molecule has 0 saturated carbocycles. The summed E-state index contributed by atoms with van der Waals surface area (Å²) in [6.07, 6.45) is 0. The maximum atomic E-state index is 12.2. The van der Waals surface area contributed by atoms with Gasteiger partial charge in [0, 0.05) is 16.5 Å². The van der Waals surface area contributed by atoms with Crippen LogP contribution in [0.5, 0.6) is 0 Å². The predicted octanol–water partition coefficient (Wildman–Crippen LogP) is 1.41. The Morgan fingerprint density at radius 1 is 1.00 bits per heavy atom. The van der Waals surface area contributed by atoms with Crippen molar-refractivity contribution in [2.75, 3.05) is 0 Å². The van der Waals surface area contributed by atoms with Crippen LogP contribution in [-0.4, -0.2) is 27.7 Å². The van der Waals surface area contributed by atoms with E-state index < -0.39 is 11.8 Å². The van der Waals surface area contributed by atoms with Crippen molar-refractivity contribution in [3.8, 4) is 0 Å². The molecule has 3 rings (SSSR count). The van der Waals surface area contributed by atoms with E-state index in [-0.39, 0.29) is 23.0 Å². The van der Waals surface area contributed by atoms with Crippen molar-refractivity contribution in [2.24, 2.45) is 16.5 Å². The third kappa shape index (κ3) is 3.64. The van der Waals surface area contributed by atoms with Crippen LogP contribution in [0.15, 0.2) is 53.5 Å². The fourth-order valence-electron chi connectivity index (χ4n) is 2.41. The second kappa shape index (κ2) is 6.98. The van der Waals surface area contributed by atoms with Crippen LogP contribution in [0.4, 0.5) is 5.95 Å². The molecule has 8 nitrogen and oxygen atoms in total.